The van der Waals surface area contributed by atoms with Crippen LogP contribution in [0, 0.1) is 24.7 Å². The predicted octanol–water partition coefficient (Wildman–Crippen LogP) is 4.30. The maximum Gasteiger partial charge on any atom is 0.0518 e. The third-order valence-corrected chi connectivity index (χ3v) is 7.37. The fraction of sp³-hybridized carbons (Fsp3) is 0.647. The lowest BCUT2D eigenvalue weighted by Gasteiger charge is -2.44. The molecule has 114 valence electrons. The SMILES string of the molecule is Cc1ccc([SH](=O)(O)[C@H]2C[C@@H](C)CC[C@H]2C(C)C)cc1. The standard InChI is InChI=1S/C17H28O2S/c1-12(2)16-10-7-14(4)11-17(16)20(18,19)15-8-5-13(3)6-9-15/h5-6,8-9,12,14,16-17,20H,7,10-11H2,1-4H3,(H,18,19)/t14-,16-,17-/m0/s1. The smallest absolute Gasteiger partial charge is 0.0518 e. The highest BCUT2D eigenvalue weighted by Gasteiger charge is 2.37. The van der Waals surface area contributed by atoms with Gasteiger partial charge in [-0.2, -0.15) is 10.2 Å². The maximum atomic E-state index is 13.1. The molecule has 2 nitrogen and oxygen atoms in total. The van der Waals surface area contributed by atoms with Crippen molar-refractivity contribution in [3.8, 4) is 0 Å². The monoisotopic (exact) mass is 296 g/mol. The fourth-order valence-corrected chi connectivity index (χ4v) is 6.12. The third kappa shape index (κ3) is 3.15. The summed E-state index contributed by atoms with van der Waals surface area (Å²) in [5.74, 6) is 1.39. The number of thiol groups is 1. The van der Waals surface area contributed by atoms with Gasteiger partial charge in [0.15, 0.2) is 0 Å². The summed E-state index contributed by atoms with van der Waals surface area (Å²) in [6.07, 6.45) is 3.15. The summed E-state index contributed by atoms with van der Waals surface area (Å²) in [6, 6.07) is 7.56. The molecular weight excluding hydrogens is 268 g/mol. The van der Waals surface area contributed by atoms with Crippen LogP contribution in [-0.2, 0) is 10.2 Å². The molecule has 20 heavy (non-hydrogen) atoms. The van der Waals surface area contributed by atoms with Crippen molar-refractivity contribution in [2.45, 2.75) is 57.1 Å². The van der Waals surface area contributed by atoms with Crippen molar-refractivity contribution in [2.75, 3.05) is 0 Å². The first-order chi connectivity index (χ1) is 9.32. The van der Waals surface area contributed by atoms with Crippen LogP contribution in [0.3, 0.4) is 0 Å². The minimum Gasteiger partial charge on any atom is -0.301 e. The van der Waals surface area contributed by atoms with Gasteiger partial charge in [0.1, 0.15) is 0 Å². The second kappa shape index (κ2) is 5.98. The number of aryl methyl sites for hydroxylation is 1. The van der Waals surface area contributed by atoms with Crippen LogP contribution in [0.2, 0.25) is 0 Å². The molecule has 0 spiro atoms. The molecule has 0 heterocycles. The van der Waals surface area contributed by atoms with E-state index in [0.717, 1.165) is 18.4 Å². The van der Waals surface area contributed by atoms with Crippen molar-refractivity contribution in [1.82, 2.24) is 0 Å². The van der Waals surface area contributed by atoms with Gasteiger partial charge in [-0.3, -0.25) is 0 Å². The third-order valence-electron chi connectivity index (χ3n) is 4.84. The molecule has 3 atom stereocenters. The maximum absolute atomic E-state index is 13.1. The largest absolute Gasteiger partial charge is 0.301 e. The van der Waals surface area contributed by atoms with Gasteiger partial charge in [0, 0.05) is 0 Å². The summed E-state index contributed by atoms with van der Waals surface area (Å²) in [5.41, 5.74) is 1.13. The Kier molecular flexibility index (Phi) is 4.70. The quantitative estimate of drug-likeness (QED) is 0.816. The van der Waals surface area contributed by atoms with Gasteiger partial charge in [-0.25, -0.2) is 4.21 Å². The zero-order valence-electron chi connectivity index (χ0n) is 13.0. The van der Waals surface area contributed by atoms with Gasteiger partial charge in [0.25, 0.3) is 0 Å². The first-order valence-electron chi connectivity index (χ1n) is 7.72. The molecule has 1 fully saturated rings. The number of benzene rings is 1. The van der Waals surface area contributed by atoms with Crippen molar-refractivity contribution >= 4 is 10.2 Å². The van der Waals surface area contributed by atoms with Crippen LogP contribution in [-0.4, -0.2) is 14.0 Å². The first kappa shape index (κ1) is 15.7. The normalized spacial score (nSPS) is 28.6. The summed E-state index contributed by atoms with van der Waals surface area (Å²) in [6.45, 7) is 8.58. The summed E-state index contributed by atoms with van der Waals surface area (Å²) < 4.78 is 23.9. The van der Waals surface area contributed by atoms with E-state index in [4.69, 9.17) is 0 Å². The lowest BCUT2D eigenvalue weighted by Crippen LogP contribution is -2.41. The highest BCUT2D eigenvalue weighted by atomic mass is 32.3. The summed E-state index contributed by atoms with van der Waals surface area (Å²) in [5, 5.41) is -0.0750. The molecule has 1 aliphatic rings. The Labute approximate surface area is 124 Å². The van der Waals surface area contributed by atoms with Gasteiger partial charge < -0.3 is 4.55 Å². The second-order valence-electron chi connectivity index (χ2n) is 6.85. The first-order valence-corrected chi connectivity index (χ1v) is 9.45. The zero-order chi connectivity index (χ0) is 14.9. The summed E-state index contributed by atoms with van der Waals surface area (Å²) in [7, 11) is -3.29. The molecule has 0 bridgehead atoms. The van der Waals surface area contributed by atoms with E-state index in [1.54, 1.807) is 0 Å². The Balaban J connectivity index is 2.34. The van der Waals surface area contributed by atoms with Gasteiger partial charge in [-0.1, -0.05) is 44.9 Å². The minimum absolute atomic E-state index is 0.0750. The molecule has 0 unspecified atom stereocenters. The van der Waals surface area contributed by atoms with E-state index in [1.807, 2.05) is 31.2 Å². The zero-order valence-corrected chi connectivity index (χ0v) is 13.9. The van der Waals surface area contributed by atoms with Crippen molar-refractivity contribution in [3.63, 3.8) is 0 Å². The van der Waals surface area contributed by atoms with Gasteiger partial charge >= 0.3 is 0 Å². The Morgan fingerprint density at radius 1 is 1.20 bits per heavy atom. The Bertz CT molecular complexity index is 492. The van der Waals surface area contributed by atoms with Crippen LogP contribution < -0.4 is 0 Å². The molecule has 1 aromatic carbocycles. The number of hydrogen-bond donors (Lipinski definition) is 2. The molecule has 1 saturated carbocycles. The number of hydrogen-bond acceptors (Lipinski definition) is 1. The summed E-state index contributed by atoms with van der Waals surface area (Å²) >= 11 is 0. The molecule has 0 radical (unpaired) electrons. The van der Waals surface area contributed by atoms with Gasteiger partial charge in [0.05, 0.1) is 10.1 Å². The van der Waals surface area contributed by atoms with E-state index in [0.29, 0.717) is 22.6 Å². The van der Waals surface area contributed by atoms with E-state index in [1.165, 1.54) is 6.42 Å². The predicted molar refractivity (Wildman–Crippen MR) is 86.7 cm³/mol. The van der Waals surface area contributed by atoms with Crippen molar-refractivity contribution in [3.05, 3.63) is 29.8 Å². The van der Waals surface area contributed by atoms with Crippen LogP contribution in [0.4, 0.5) is 0 Å². The molecule has 1 aromatic rings. The molecular formula is C17H28O2S. The number of rotatable bonds is 3. The summed E-state index contributed by atoms with van der Waals surface area (Å²) in [4.78, 5) is 0.632. The van der Waals surface area contributed by atoms with E-state index in [-0.39, 0.29) is 5.25 Å². The van der Waals surface area contributed by atoms with Crippen LogP contribution >= 0.6 is 0 Å². The lowest BCUT2D eigenvalue weighted by molar-refractivity contribution is 0.232. The van der Waals surface area contributed by atoms with Gasteiger partial charge in [-0.05, 0) is 49.7 Å². The molecule has 0 saturated heterocycles. The fourth-order valence-electron chi connectivity index (χ4n) is 3.50. The van der Waals surface area contributed by atoms with Crippen molar-refractivity contribution < 1.29 is 8.76 Å². The molecule has 0 aromatic heterocycles. The van der Waals surface area contributed by atoms with E-state index >= 15 is 0 Å². The van der Waals surface area contributed by atoms with Gasteiger partial charge in [-0.15, -0.1) is 0 Å². The average Bonchev–Trinajstić information content (AvgIpc) is 2.38. The molecule has 1 N–H and O–H groups in total. The van der Waals surface area contributed by atoms with Crippen LogP contribution in [0.5, 0.6) is 0 Å². The van der Waals surface area contributed by atoms with E-state index in [9.17, 15) is 8.76 Å². The lowest BCUT2D eigenvalue weighted by atomic mass is 9.77. The minimum atomic E-state index is -3.29. The van der Waals surface area contributed by atoms with Crippen LogP contribution in [0.15, 0.2) is 29.2 Å². The van der Waals surface area contributed by atoms with E-state index in [2.05, 4.69) is 20.8 Å². The molecule has 0 aliphatic heterocycles. The topological polar surface area (TPSA) is 37.3 Å². The highest BCUT2D eigenvalue weighted by Crippen LogP contribution is 2.41. The molecule has 2 rings (SSSR count). The van der Waals surface area contributed by atoms with Gasteiger partial charge in [0.2, 0.25) is 0 Å². The molecule has 0 amide bonds. The van der Waals surface area contributed by atoms with Crippen LogP contribution in [0.1, 0.15) is 45.6 Å². The van der Waals surface area contributed by atoms with E-state index < -0.39 is 10.2 Å². The Morgan fingerprint density at radius 2 is 1.80 bits per heavy atom. The second-order valence-corrected chi connectivity index (χ2v) is 9.28. The highest BCUT2D eigenvalue weighted by molar-refractivity contribution is 7.98. The Hall–Kier alpha value is -0.670. The Morgan fingerprint density at radius 3 is 2.35 bits per heavy atom. The van der Waals surface area contributed by atoms with Crippen LogP contribution in [0.25, 0.3) is 0 Å². The average molecular weight is 296 g/mol. The van der Waals surface area contributed by atoms with Crippen molar-refractivity contribution in [1.29, 1.82) is 0 Å². The molecule has 1 aliphatic carbocycles. The van der Waals surface area contributed by atoms with Crippen molar-refractivity contribution in [2.24, 2.45) is 17.8 Å². The molecule has 3 heteroatoms.